The molecule has 0 amide bonds. The normalized spacial score (nSPS) is 24.4. The van der Waals surface area contributed by atoms with Crippen LogP contribution in [0.4, 0.5) is 11.4 Å². The van der Waals surface area contributed by atoms with Gasteiger partial charge in [-0.2, -0.15) is 0 Å². The summed E-state index contributed by atoms with van der Waals surface area (Å²) in [4.78, 5) is 22.6. The number of H-pyrrole nitrogens is 2. The van der Waals surface area contributed by atoms with Gasteiger partial charge in [-0.1, -0.05) is 42.5 Å². The number of piperidine rings is 1. The predicted molar refractivity (Wildman–Crippen MR) is 206 cm³/mol. The number of fused-ring (bicyclic) bond motifs is 2. The Kier molecular flexibility index (Phi) is 8.02. The molecule has 8 heteroatoms. The van der Waals surface area contributed by atoms with Crippen molar-refractivity contribution in [3.63, 3.8) is 0 Å². The topological polar surface area (TPSA) is 87.9 Å². The molecule has 6 aromatic rings. The van der Waals surface area contributed by atoms with Crippen molar-refractivity contribution in [2.45, 2.75) is 81.5 Å². The van der Waals surface area contributed by atoms with Gasteiger partial charge in [-0.05, 0) is 136 Å². The first-order valence-corrected chi connectivity index (χ1v) is 19.4. The van der Waals surface area contributed by atoms with E-state index >= 15 is 0 Å². The van der Waals surface area contributed by atoms with E-state index in [4.69, 9.17) is 9.97 Å². The summed E-state index contributed by atoms with van der Waals surface area (Å²) in [5.41, 5.74) is 11.2. The van der Waals surface area contributed by atoms with Crippen LogP contribution in [0, 0.1) is 0 Å². The number of nitrogens with zero attached hydrogens (tertiary/aromatic N) is 4. The summed E-state index contributed by atoms with van der Waals surface area (Å²) in [7, 11) is 0. The van der Waals surface area contributed by atoms with Crippen molar-refractivity contribution < 1.29 is 0 Å². The summed E-state index contributed by atoms with van der Waals surface area (Å²) in [5.74, 6) is 2.80. The van der Waals surface area contributed by atoms with Crippen LogP contribution in [0.15, 0.2) is 91.0 Å². The Morgan fingerprint density at radius 3 is 1.61 bits per heavy atom. The first-order chi connectivity index (χ1) is 25.2. The lowest BCUT2D eigenvalue weighted by atomic mass is 9.89. The zero-order valence-corrected chi connectivity index (χ0v) is 29.3. The van der Waals surface area contributed by atoms with Crippen molar-refractivity contribution in [1.29, 1.82) is 0 Å². The molecule has 6 heterocycles. The maximum Gasteiger partial charge on any atom is 0.124 e. The number of hydrogen-bond donors (Lipinski definition) is 4. The number of aromatic nitrogens is 4. The smallest absolute Gasteiger partial charge is 0.124 e. The second-order valence-electron chi connectivity index (χ2n) is 15.3. The first kappa shape index (κ1) is 31.1. The second kappa shape index (κ2) is 13.1. The molecular formula is C43H48N8. The highest BCUT2D eigenvalue weighted by molar-refractivity contribution is 5.78. The molecule has 0 bridgehead atoms. The van der Waals surface area contributed by atoms with Gasteiger partial charge in [0, 0.05) is 24.5 Å². The monoisotopic (exact) mass is 676 g/mol. The minimum Gasteiger partial charge on any atom is -0.371 e. The first-order valence-electron chi connectivity index (χ1n) is 19.4. The van der Waals surface area contributed by atoms with E-state index in [0.717, 1.165) is 85.6 Å². The number of aromatic amines is 2. The quantitative estimate of drug-likeness (QED) is 0.135. The third-order valence-corrected chi connectivity index (χ3v) is 12.3. The van der Waals surface area contributed by atoms with Gasteiger partial charge < -0.3 is 30.4 Å². The molecule has 51 heavy (non-hydrogen) atoms. The molecule has 2 aromatic heterocycles. The van der Waals surface area contributed by atoms with Gasteiger partial charge in [0.2, 0.25) is 0 Å². The molecule has 4 N–H and O–H groups in total. The summed E-state index contributed by atoms with van der Waals surface area (Å²) in [5, 5.41) is 7.22. The lowest BCUT2D eigenvalue weighted by molar-refractivity contribution is 0.505. The van der Waals surface area contributed by atoms with E-state index in [1.807, 2.05) is 0 Å². The molecule has 4 fully saturated rings. The molecular weight excluding hydrogens is 629 g/mol. The minimum absolute atomic E-state index is 0.263. The van der Waals surface area contributed by atoms with Gasteiger partial charge in [0.05, 0.1) is 46.2 Å². The number of imidazole rings is 2. The highest BCUT2D eigenvalue weighted by Gasteiger charge is 2.36. The fourth-order valence-corrected chi connectivity index (χ4v) is 9.53. The van der Waals surface area contributed by atoms with Gasteiger partial charge in [0.15, 0.2) is 0 Å². The molecule has 4 aliphatic heterocycles. The van der Waals surface area contributed by atoms with Crippen molar-refractivity contribution in [1.82, 2.24) is 30.6 Å². The fourth-order valence-electron chi connectivity index (χ4n) is 9.53. The molecule has 0 unspecified atom stereocenters. The second-order valence-corrected chi connectivity index (χ2v) is 15.3. The van der Waals surface area contributed by atoms with Crippen LogP contribution in [0.25, 0.3) is 22.1 Å². The van der Waals surface area contributed by atoms with Crippen LogP contribution in [-0.2, 0) is 0 Å². The van der Waals surface area contributed by atoms with Gasteiger partial charge in [-0.25, -0.2) is 9.97 Å². The van der Waals surface area contributed by atoms with Crippen molar-refractivity contribution in [3.8, 4) is 0 Å². The zero-order valence-electron chi connectivity index (χ0n) is 29.3. The average molecular weight is 677 g/mol. The van der Waals surface area contributed by atoms with E-state index < -0.39 is 0 Å². The SMILES string of the molecule is c1ccc(C2CCN(c3ccc(N4[C@@H](c5ccc6nc([C@@H]7CCCN7)[nH]c6c5)CC[C@@H]4c4ccc5nc([C@@H]6CCCN6)[nH]c5c4)cc3)CC2)cc1. The Balaban J connectivity index is 0.958. The van der Waals surface area contributed by atoms with Crippen molar-refractivity contribution in [3.05, 3.63) is 119 Å². The van der Waals surface area contributed by atoms with Gasteiger partial charge in [-0.3, -0.25) is 0 Å². The highest BCUT2D eigenvalue weighted by atomic mass is 15.2. The van der Waals surface area contributed by atoms with E-state index in [1.54, 1.807) is 0 Å². The number of nitrogens with one attached hydrogen (secondary N) is 4. The summed E-state index contributed by atoms with van der Waals surface area (Å²) < 4.78 is 0. The molecule has 8 nitrogen and oxygen atoms in total. The number of rotatable bonds is 7. The summed E-state index contributed by atoms with van der Waals surface area (Å²) >= 11 is 0. The van der Waals surface area contributed by atoms with Gasteiger partial charge in [-0.15, -0.1) is 0 Å². The molecule has 0 spiro atoms. The lowest BCUT2D eigenvalue weighted by Crippen LogP contribution is -2.33. The van der Waals surface area contributed by atoms with E-state index in [-0.39, 0.29) is 12.1 Å². The Morgan fingerprint density at radius 1 is 0.529 bits per heavy atom. The van der Waals surface area contributed by atoms with Crippen molar-refractivity contribution in [2.24, 2.45) is 0 Å². The molecule has 0 radical (unpaired) electrons. The molecule has 4 aliphatic rings. The Labute approximate surface area is 300 Å². The maximum atomic E-state index is 4.99. The highest BCUT2D eigenvalue weighted by Crippen LogP contribution is 2.48. The molecule has 4 aromatic carbocycles. The van der Waals surface area contributed by atoms with Crippen LogP contribution in [0.1, 0.15) is 110 Å². The van der Waals surface area contributed by atoms with Crippen LogP contribution in [0.3, 0.4) is 0 Å². The van der Waals surface area contributed by atoms with Crippen LogP contribution in [-0.4, -0.2) is 46.1 Å². The minimum atomic E-state index is 0.263. The predicted octanol–water partition coefficient (Wildman–Crippen LogP) is 8.76. The molecule has 10 rings (SSSR count). The maximum absolute atomic E-state index is 4.99. The zero-order chi connectivity index (χ0) is 33.7. The average Bonchev–Trinajstić information content (AvgIpc) is 4.04. The van der Waals surface area contributed by atoms with Crippen LogP contribution >= 0.6 is 0 Å². The standard InChI is InChI=1S/C43H48N8/c1-2-6-28(7-3-1)29-20-24-50(25-21-29)32-12-14-33(15-13-32)51-40(30-10-16-34-38(26-30)48-42(46-34)36-8-4-22-44-36)18-19-41(51)31-11-17-35-39(27-31)49-43(47-35)37-9-5-23-45-37/h1-3,6-7,10-17,26-27,29,36-37,40-41,44-45H,4-5,8-9,18-25H2,(H,46,48)(H,47,49)/t36-,37-,40+,41+/m0/s1. The van der Waals surface area contributed by atoms with Crippen molar-refractivity contribution >= 4 is 33.4 Å². The van der Waals surface area contributed by atoms with Crippen LogP contribution in [0.5, 0.6) is 0 Å². The summed E-state index contributed by atoms with van der Waals surface area (Å²) in [6, 6.07) is 35.6. The van der Waals surface area contributed by atoms with Crippen LogP contribution < -0.4 is 20.4 Å². The van der Waals surface area contributed by atoms with E-state index in [0.29, 0.717) is 18.0 Å². The Hall–Kier alpha value is -4.66. The van der Waals surface area contributed by atoms with Crippen LogP contribution in [0.2, 0.25) is 0 Å². The Morgan fingerprint density at radius 2 is 1.08 bits per heavy atom. The molecule has 4 saturated heterocycles. The molecule has 0 saturated carbocycles. The van der Waals surface area contributed by atoms with Gasteiger partial charge in [0.1, 0.15) is 11.6 Å². The van der Waals surface area contributed by atoms with E-state index in [2.05, 4.69) is 121 Å². The molecule has 260 valence electrons. The summed E-state index contributed by atoms with van der Waals surface area (Å²) in [6.45, 7) is 4.33. The number of hydrogen-bond acceptors (Lipinski definition) is 6. The fraction of sp³-hybridized carbons (Fsp3) is 0.395. The third-order valence-electron chi connectivity index (χ3n) is 12.3. The summed E-state index contributed by atoms with van der Waals surface area (Å²) in [6.07, 6.45) is 9.29. The van der Waals surface area contributed by atoms with Crippen molar-refractivity contribution in [2.75, 3.05) is 36.0 Å². The largest absolute Gasteiger partial charge is 0.371 e. The Bertz CT molecular complexity index is 2010. The molecule has 0 aliphatic carbocycles. The third kappa shape index (κ3) is 5.88. The molecule has 4 atom stereocenters. The van der Waals surface area contributed by atoms with Gasteiger partial charge in [0.25, 0.3) is 0 Å². The number of benzene rings is 4. The van der Waals surface area contributed by atoms with E-state index in [1.165, 1.54) is 53.7 Å². The number of anilines is 2. The van der Waals surface area contributed by atoms with E-state index in [9.17, 15) is 0 Å². The lowest BCUT2D eigenvalue weighted by Gasteiger charge is -2.35. The van der Waals surface area contributed by atoms with Gasteiger partial charge >= 0.3 is 0 Å².